The molecule has 0 bridgehead atoms. The van der Waals surface area contributed by atoms with Crippen molar-refractivity contribution in [1.29, 1.82) is 5.26 Å². The molecular formula is C19H14FNO5. The van der Waals surface area contributed by atoms with Gasteiger partial charge in [-0.2, -0.15) is 5.26 Å². The monoisotopic (exact) mass is 355 g/mol. The van der Waals surface area contributed by atoms with Gasteiger partial charge in [-0.05, 0) is 35.9 Å². The molecular weight excluding hydrogens is 341 g/mol. The maximum atomic E-state index is 13.7. The summed E-state index contributed by atoms with van der Waals surface area (Å²) in [7, 11) is 2.52. The summed E-state index contributed by atoms with van der Waals surface area (Å²) < 4.78 is 28.5. The summed E-state index contributed by atoms with van der Waals surface area (Å²) >= 11 is 0. The summed E-state index contributed by atoms with van der Waals surface area (Å²) in [5.41, 5.74) is 0.0381. The minimum absolute atomic E-state index is 0.0643. The molecule has 7 heteroatoms. The third kappa shape index (κ3) is 4.24. The van der Waals surface area contributed by atoms with Crippen LogP contribution < -0.4 is 9.47 Å². The van der Waals surface area contributed by atoms with Crippen LogP contribution in [0.3, 0.4) is 0 Å². The van der Waals surface area contributed by atoms with Crippen LogP contribution in [0.15, 0.2) is 48.0 Å². The Morgan fingerprint density at radius 1 is 1.12 bits per heavy atom. The molecule has 0 N–H and O–H groups in total. The number of nitrogens with zero attached hydrogens (tertiary/aromatic N) is 1. The van der Waals surface area contributed by atoms with E-state index in [9.17, 15) is 14.0 Å². The van der Waals surface area contributed by atoms with Crippen LogP contribution in [0.25, 0.3) is 6.08 Å². The normalized spacial score (nSPS) is 10.6. The molecule has 2 rings (SSSR count). The second-order valence-corrected chi connectivity index (χ2v) is 4.94. The molecule has 0 aliphatic heterocycles. The van der Waals surface area contributed by atoms with Crippen LogP contribution in [0.1, 0.15) is 15.9 Å². The van der Waals surface area contributed by atoms with Gasteiger partial charge in [0.05, 0.1) is 19.8 Å². The minimum atomic E-state index is -0.878. The van der Waals surface area contributed by atoms with Gasteiger partial charge in [0, 0.05) is 0 Å². The van der Waals surface area contributed by atoms with Crippen LogP contribution in [0.5, 0.6) is 11.5 Å². The SMILES string of the molecule is COC(=O)C(C#N)=Cc1ccc(OC(=O)c2ccccc2F)c(OC)c1. The van der Waals surface area contributed by atoms with E-state index in [1.165, 1.54) is 56.7 Å². The lowest BCUT2D eigenvalue weighted by molar-refractivity contribution is -0.135. The van der Waals surface area contributed by atoms with Crippen LogP contribution in [0.4, 0.5) is 4.39 Å². The van der Waals surface area contributed by atoms with Crippen LogP contribution in [0, 0.1) is 17.1 Å². The third-order valence-corrected chi connectivity index (χ3v) is 3.32. The van der Waals surface area contributed by atoms with E-state index in [0.29, 0.717) is 5.56 Å². The second kappa shape index (κ2) is 8.44. The highest BCUT2D eigenvalue weighted by Crippen LogP contribution is 2.30. The number of methoxy groups -OCH3 is 2. The minimum Gasteiger partial charge on any atom is -0.493 e. The van der Waals surface area contributed by atoms with Crippen molar-refractivity contribution in [2.75, 3.05) is 14.2 Å². The van der Waals surface area contributed by atoms with Crippen molar-refractivity contribution in [3.63, 3.8) is 0 Å². The first-order valence-electron chi connectivity index (χ1n) is 7.35. The van der Waals surface area contributed by atoms with Gasteiger partial charge < -0.3 is 14.2 Å². The summed E-state index contributed by atoms with van der Waals surface area (Å²) in [5.74, 6) is -2.12. The fraction of sp³-hybridized carbons (Fsp3) is 0.105. The Morgan fingerprint density at radius 3 is 2.46 bits per heavy atom. The summed E-state index contributed by atoms with van der Waals surface area (Å²) in [5, 5.41) is 8.99. The first-order valence-corrected chi connectivity index (χ1v) is 7.35. The van der Waals surface area contributed by atoms with Gasteiger partial charge in [0.15, 0.2) is 11.5 Å². The van der Waals surface area contributed by atoms with Crippen molar-refractivity contribution < 1.29 is 28.2 Å². The number of hydrogen-bond acceptors (Lipinski definition) is 6. The number of esters is 2. The molecule has 0 spiro atoms. The maximum Gasteiger partial charge on any atom is 0.348 e. The summed E-state index contributed by atoms with van der Waals surface area (Å²) in [6, 6.07) is 11.5. The fourth-order valence-electron chi connectivity index (χ4n) is 2.05. The van der Waals surface area contributed by atoms with Crippen molar-refractivity contribution in [3.8, 4) is 17.6 Å². The van der Waals surface area contributed by atoms with E-state index in [1.54, 1.807) is 6.07 Å². The predicted octanol–water partition coefficient (Wildman–Crippen LogP) is 3.13. The molecule has 0 saturated heterocycles. The predicted molar refractivity (Wildman–Crippen MR) is 90.0 cm³/mol. The highest BCUT2D eigenvalue weighted by molar-refractivity contribution is 5.98. The quantitative estimate of drug-likeness (QED) is 0.354. The lowest BCUT2D eigenvalue weighted by atomic mass is 10.1. The van der Waals surface area contributed by atoms with E-state index in [1.807, 2.05) is 0 Å². The zero-order valence-corrected chi connectivity index (χ0v) is 14.0. The Labute approximate surface area is 149 Å². The average Bonchev–Trinajstić information content (AvgIpc) is 2.66. The molecule has 0 saturated carbocycles. The van der Waals surface area contributed by atoms with Crippen molar-refractivity contribution in [2.45, 2.75) is 0 Å². The molecule has 0 atom stereocenters. The fourth-order valence-corrected chi connectivity index (χ4v) is 2.05. The molecule has 0 aliphatic rings. The number of rotatable bonds is 5. The van der Waals surface area contributed by atoms with Crippen molar-refractivity contribution in [3.05, 3.63) is 65.0 Å². The van der Waals surface area contributed by atoms with E-state index in [0.717, 1.165) is 6.07 Å². The van der Waals surface area contributed by atoms with Crippen molar-refractivity contribution in [1.82, 2.24) is 0 Å². The lowest BCUT2D eigenvalue weighted by Gasteiger charge is -2.10. The van der Waals surface area contributed by atoms with Gasteiger partial charge in [-0.25, -0.2) is 14.0 Å². The van der Waals surface area contributed by atoms with Crippen LogP contribution >= 0.6 is 0 Å². The van der Waals surface area contributed by atoms with E-state index in [4.69, 9.17) is 14.7 Å². The van der Waals surface area contributed by atoms with Gasteiger partial charge in [-0.3, -0.25) is 0 Å². The zero-order valence-electron chi connectivity index (χ0n) is 14.0. The van der Waals surface area contributed by atoms with E-state index < -0.39 is 17.8 Å². The number of carbonyl (C=O) groups is 2. The summed E-state index contributed by atoms with van der Waals surface area (Å²) in [6.45, 7) is 0. The van der Waals surface area contributed by atoms with Crippen molar-refractivity contribution >= 4 is 18.0 Å². The molecule has 132 valence electrons. The van der Waals surface area contributed by atoms with Crippen LogP contribution in [0.2, 0.25) is 0 Å². The summed E-state index contributed by atoms with van der Waals surface area (Å²) in [6.07, 6.45) is 1.30. The third-order valence-electron chi connectivity index (χ3n) is 3.32. The largest absolute Gasteiger partial charge is 0.493 e. The van der Waals surface area contributed by atoms with Crippen molar-refractivity contribution in [2.24, 2.45) is 0 Å². The molecule has 0 radical (unpaired) electrons. The Kier molecular flexibility index (Phi) is 6.06. The van der Waals surface area contributed by atoms with E-state index in [-0.39, 0.29) is 22.6 Å². The highest BCUT2D eigenvalue weighted by Gasteiger charge is 2.16. The number of hydrogen-bond donors (Lipinski definition) is 0. The Balaban J connectivity index is 2.31. The van der Waals surface area contributed by atoms with Gasteiger partial charge >= 0.3 is 11.9 Å². The number of ether oxygens (including phenoxy) is 3. The Hall–Kier alpha value is -3.66. The number of halogens is 1. The molecule has 0 aromatic heterocycles. The molecule has 0 heterocycles. The van der Waals surface area contributed by atoms with Gasteiger partial charge in [-0.1, -0.05) is 18.2 Å². The maximum absolute atomic E-state index is 13.7. The van der Waals surface area contributed by atoms with Gasteiger partial charge in [0.25, 0.3) is 0 Å². The lowest BCUT2D eigenvalue weighted by Crippen LogP contribution is -2.11. The zero-order chi connectivity index (χ0) is 19.1. The molecule has 0 aliphatic carbocycles. The first-order chi connectivity index (χ1) is 12.5. The Morgan fingerprint density at radius 2 is 1.85 bits per heavy atom. The molecule has 2 aromatic rings. The summed E-state index contributed by atoms with van der Waals surface area (Å²) in [4.78, 5) is 23.6. The molecule has 2 aromatic carbocycles. The highest BCUT2D eigenvalue weighted by atomic mass is 19.1. The smallest absolute Gasteiger partial charge is 0.348 e. The standard InChI is InChI=1S/C19H14FNO5/c1-24-17-10-12(9-13(11-21)18(22)25-2)7-8-16(17)26-19(23)14-5-3-4-6-15(14)20/h3-10H,1-2H3. The topological polar surface area (TPSA) is 85.6 Å². The molecule has 0 amide bonds. The van der Waals surface area contributed by atoms with Gasteiger partial charge in [0.2, 0.25) is 0 Å². The van der Waals surface area contributed by atoms with E-state index in [2.05, 4.69) is 4.74 Å². The van der Waals surface area contributed by atoms with Gasteiger partial charge in [-0.15, -0.1) is 0 Å². The molecule has 0 fully saturated rings. The Bertz CT molecular complexity index is 914. The molecule has 0 unspecified atom stereocenters. The second-order valence-electron chi connectivity index (χ2n) is 4.94. The molecule has 26 heavy (non-hydrogen) atoms. The number of nitriles is 1. The number of carbonyl (C=O) groups excluding carboxylic acids is 2. The van der Waals surface area contributed by atoms with Gasteiger partial charge in [0.1, 0.15) is 17.5 Å². The first kappa shape index (κ1) is 18.7. The number of benzene rings is 2. The van der Waals surface area contributed by atoms with Crippen LogP contribution in [-0.2, 0) is 9.53 Å². The van der Waals surface area contributed by atoms with E-state index >= 15 is 0 Å². The van der Waals surface area contributed by atoms with Crippen LogP contribution in [-0.4, -0.2) is 26.2 Å². The average molecular weight is 355 g/mol. The molecule has 6 nitrogen and oxygen atoms in total.